The lowest BCUT2D eigenvalue weighted by Crippen LogP contribution is -2.48. The van der Waals surface area contributed by atoms with Gasteiger partial charge in [0.05, 0.1) is 31.4 Å². The van der Waals surface area contributed by atoms with E-state index in [0.29, 0.717) is 17.1 Å². The number of thioether (sulfide) groups is 1. The van der Waals surface area contributed by atoms with E-state index in [2.05, 4.69) is 30.6 Å². The minimum Gasteiger partial charge on any atom is -0.481 e. The monoisotopic (exact) mass is 544 g/mol. The molecular weight excluding hydrogens is 516 g/mol. The van der Waals surface area contributed by atoms with Gasteiger partial charge in [0, 0.05) is 25.3 Å². The Labute approximate surface area is 221 Å². The quantitative estimate of drug-likeness (QED) is 0.249. The van der Waals surface area contributed by atoms with E-state index < -0.39 is 41.7 Å². The molecule has 2 aromatic heterocycles. The highest BCUT2D eigenvalue weighted by atomic mass is 32.2. The molecule has 13 nitrogen and oxygen atoms in total. The Kier molecular flexibility index (Phi) is 10.5. The molecule has 0 aliphatic rings. The number of carbonyl (C=O) groups is 3. The van der Waals surface area contributed by atoms with E-state index in [9.17, 15) is 24.3 Å². The molecule has 0 saturated carbocycles. The molecule has 0 bridgehead atoms. The molecule has 3 rings (SSSR count). The summed E-state index contributed by atoms with van der Waals surface area (Å²) in [6, 6.07) is 7.03. The number of methoxy groups -OCH3 is 1. The first kappa shape index (κ1) is 28.5. The molecule has 0 spiro atoms. The van der Waals surface area contributed by atoms with Gasteiger partial charge in [-0.25, -0.2) is 9.61 Å². The number of carbonyl (C=O) groups excluding carboxylic acids is 2. The Balaban J connectivity index is 1.71. The number of hydrogen-bond acceptors (Lipinski definition) is 11. The van der Waals surface area contributed by atoms with Crippen LogP contribution in [-0.4, -0.2) is 68.1 Å². The molecule has 1 unspecified atom stereocenters. The summed E-state index contributed by atoms with van der Waals surface area (Å²) in [4.78, 5) is 54.6. The van der Waals surface area contributed by atoms with E-state index in [1.165, 1.54) is 31.3 Å². The molecule has 202 valence electrons. The van der Waals surface area contributed by atoms with Gasteiger partial charge in [-0.2, -0.15) is 0 Å². The molecule has 0 fully saturated rings. The molecule has 0 aliphatic carbocycles. The van der Waals surface area contributed by atoms with Crippen LogP contribution >= 0.6 is 11.8 Å². The van der Waals surface area contributed by atoms with Crippen molar-refractivity contribution in [1.29, 1.82) is 0 Å². The van der Waals surface area contributed by atoms with Crippen molar-refractivity contribution in [3.05, 3.63) is 70.0 Å². The predicted molar refractivity (Wildman–Crippen MR) is 138 cm³/mol. The summed E-state index contributed by atoms with van der Waals surface area (Å²) in [7, 11) is 1.35. The number of amides is 1. The standard InChI is InChI=1S/C24H28N6O7S/c1-15-18(29-37-28-15)11-26-22-24(35)30(9-8-25-22)19(12-36-2)23(34)27-17(10-21(32)33)20(31)14-38-13-16-6-4-3-5-7-16/h3-9,17,19H,10-14H2,1-2H3,(H,25,26)(H,27,34)(H,32,33)/t17-,19?/m0/s1. The first-order valence-electron chi connectivity index (χ1n) is 11.5. The second kappa shape index (κ2) is 14.0. The minimum absolute atomic E-state index is 0.00165. The number of carboxylic acid groups (broad SMARTS) is 1. The largest absolute Gasteiger partial charge is 0.481 e. The van der Waals surface area contributed by atoms with E-state index >= 15 is 0 Å². The van der Waals surface area contributed by atoms with E-state index in [-0.39, 0.29) is 24.7 Å². The number of aryl methyl sites for hydroxylation is 1. The molecule has 3 N–H and O–H groups in total. The summed E-state index contributed by atoms with van der Waals surface area (Å²) >= 11 is 1.32. The van der Waals surface area contributed by atoms with E-state index in [0.717, 1.165) is 10.1 Å². The number of rotatable bonds is 15. The molecule has 0 radical (unpaired) electrons. The van der Waals surface area contributed by atoms with Gasteiger partial charge >= 0.3 is 5.97 Å². The van der Waals surface area contributed by atoms with Crippen LogP contribution in [0, 0.1) is 6.92 Å². The van der Waals surface area contributed by atoms with Crippen LogP contribution < -0.4 is 16.2 Å². The molecule has 0 aliphatic heterocycles. The topological polar surface area (TPSA) is 179 Å². The highest BCUT2D eigenvalue weighted by Crippen LogP contribution is 2.14. The van der Waals surface area contributed by atoms with Gasteiger partial charge < -0.3 is 20.5 Å². The molecule has 0 saturated heterocycles. The Morgan fingerprint density at radius 3 is 2.63 bits per heavy atom. The average molecular weight is 545 g/mol. The van der Waals surface area contributed by atoms with Crippen LogP contribution in [0.4, 0.5) is 5.82 Å². The normalized spacial score (nSPS) is 12.5. The van der Waals surface area contributed by atoms with Crippen LogP contribution in [-0.2, 0) is 31.4 Å². The average Bonchev–Trinajstić information content (AvgIpc) is 3.31. The molecule has 2 atom stereocenters. The van der Waals surface area contributed by atoms with Gasteiger partial charge in [0.15, 0.2) is 11.6 Å². The number of carboxylic acids is 1. The number of aliphatic carboxylic acids is 1. The Bertz CT molecular complexity index is 1300. The number of nitrogens with zero attached hydrogens (tertiary/aromatic N) is 4. The number of benzene rings is 1. The van der Waals surface area contributed by atoms with Crippen molar-refractivity contribution < 1.29 is 28.9 Å². The number of Topliss-reactive ketones (excluding diaryl/α,β-unsaturated/α-hetero) is 1. The van der Waals surface area contributed by atoms with Crippen molar-refractivity contribution in [3.8, 4) is 0 Å². The van der Waals surface area contributed by atoms with Crippen molar-refractivity contribution in [2.45, 2.75) is 37.7 Å². The number of anilines is 1. The van der Waals surface area contributed by atoms with Crippen molar-refractivity contribution in [2.24, 2.45) is 0 Å². The minimum atomic E-state index is -1.28. The van der Waals surface area contributed by atoms with Gasteiger partial charge in [-0.15, -0.1) is 11.8 Å². The zero-order chi connectivity index (χ0) is 27.5. The zero-order valence-corrected chi connectivity index (χ0v) is 21.6. The van der Waals surface area contributed by atoms with E-state index in [4.69, 9.17) is 4.74 Å². The van der Waals surface area contributed by atoms with Gasteiger partial charge in [0.25, 0.3) is 5.56 Å². The smallest absolute Gasteiger partial charge is 0.305 e. The van der Waals surface area contributed by atoms with Gasteiger partial charge in [0.1, 0.15) is 17.4 Å². The number of ether oxygens (including phenoxy) is 1. The molecule has 1 aromatic carbocycles. The summed E-state index contributed by atoms with van der Waals surface area (Å²) in [6.07, 6.45) is 2.04. The second-order valence-electron chi connectivity index (χ2n) is 8.21. The third kappa shape index (κ3) is 7.98. The maximum Gasteiger partial charge on any atom is 0.305 e. The summed E-state index contributed by atoms with van der Waals surface area (Å²) in [5.41, 5.74) is 1.41. The molecule has 1 amide bonds. The van der Waals surface area contributed by atoms with Gasteiger partial charge in [-0.05, 0) is 12.5 Å². The summed E-state index contributed by atoms with van der Waals surface area (Å²) in [5, 5.41) is 22.1. The Morgan fingerprint density at radius 2 is 1.97 bits per heavy atom. The van der Waals surface area contributed by atoms with Crippen LogP contribution in [0.1, 0.15) is 29.4 Å². The predicted octanol–water partition coefficient (Wildman–Crippen LogP) is 1.20. The van der Waals surface area contributed by atoms with Crippen LogP contribution in [0.25, 0.3) is 0 Å². The van der Waals surface area contributed by atoms with Gasteiger partial charge in [-0.3, -0.25) is 23.7 Å². The first-order valence-corrected chi connectivity index (χ1v) is 12.7. The number of hydrogen-bond donors (Lipinski definition) is 3. The summed E-state index contributed by atoms with van der Waals surface area (Å²) in [6.45, 7) is 1.59. The first-order chi connectivity index (χ1) is 18.3. The SMILES string of the molecule is COCC(C(=O)N[C@@H](CC(=O)O)C(=O)CSCc1ccccc1)n1ccnc(NCc2nonc2C)c1=O. The number of aromatic nitrogens is 4. The third-order valence-corrected chi connectivity index (χ3v) is 6.47. The van der Waals surface area contributed by atoms with Crippen LogP contribution in [0.3, 0.4) is 0 Å². The molecule has 14 heteroatoms. The zero-order valence-electron chi connectivity index (χ0n) is 20.8. The van der Waals surface area contributed by atoms with Crippen LogP contribution in [0.5, 0.6) is 0 Å². The van der Waals surface area contributed by atoms with Gasteiger partial charge in [-0.1, -0.05) is 40.6 Å². The van der Waals surface area contributed by atoms with Crippen molar-refractivity contribution >= 4 is 35.2 Å². The molecule has 3 aromatic rings. The fourth-order valence-corrected chi connectivity index (χ4v) is 4.37. The summed E-state index contributed by atoms with van der Waals surface area (Å²) in [5.74, 6) is -1.93. The number of ketones is 1. The fourth-order valence-electron chi connectivity index (χ4n) is 3.44. The van der Waals surface area contributed by atoms with Crippen LogP contribution in [0.15, 0.2) is 52.1 Å². The van der Waals surface area contributed by atoms with Crippen molar-refractivity contribution in [3.63, 3.8) is 0 Å². The van der Waals surface area contributed by atoms with Gasteiger partial charge in [0.2, 0.25) is 5.91 Å². The van der Waals surface area contributed by atoms with E-state index in [1.807, 2.05) is 30.3 Å². The molecular formula is C24H28N6O7S. The van der Waals surface area contributed by atoms with E-state index in [1.54, 1.807) is 6.92 Å². The molecule has 2 heterocycles. The maximum atomic E-state index is 13.2. The fraction of sp³-hybridized carbons (Fsp3) is 0.375. The lowest BCUT2D eigenvalue weighted by molar-refractivity contribution is -0.140. The Morgan fingerprint density at radius 1 is 1.21 bits per heavy atom. The Hall–Kier alpha value is -4.04. The second-order valence-corrected chi connectivity index (χ2v) is 9.20. The molecule has 38 heavy (non-hydrogen) atoms. The number of nitrogens with one attached hydrogen (secondary N) is 2. The third-order valence-electron chi connectivity index (χ3n) is 5.44. The summed E-state index contributed by atoms with van der Waals surface area (Å²) < 4.78 is 10.9. The van der Waals surface area contributed by atoms with Crippen molar-refractivity contribution in [1.82, 2.24) is 25.2 Å². The lowest BCUT2D eigenvalue weighted by Gasteiger charge is -2.22. The van der Waals surface area contributed by atoms with Crippen LogP contribution in [0.2, 0.25) is 0 Å². The highest BCUT2D eigenvalue weighted by Gasteiger charge is 2.29. The van der Waals surface area contributed by atoms with Crippen molar-refractivity contribution in [2.75, 3.05) is 24.8 Å². The highest BCUT2D eigenvalue weighted by molar-refractivity contribution is 7.99. The lowest BCUT2D eigenvalue weighted by atomic mass is 10.1. The maximum absolute atomic E-state index is 13.2.